The number of aromatic nitrogens is 1. The van der Waals surface area contributed by atoms with Gasteiger partial charge < -0.3 is 5.11 Å². The Bertz CT molecular complexity index is 336. The summed E-state index contributed by atoms with van der Waals surface area (Å²) in [6, 6.07) is 2.85. The van der Waals surface area contributed by atoms with Crippen LogP contribution in [-0.2, 0) is 4.79 Å². The Morgan fingerprint density at radius 3 is 2.85 bits per heavy atom. The molecule has 2 atom stereocenters. The van der Waals surface area contributed by atoms with Crippen molar-refractivity contribution in [3.63, 3.8) is 0 Å². The van der Waals surface area contributed by atoms with Crippen molar-refractivity contribution in [3.05, 3.63) is 29.8 Å². The number of hydrogen-bond donors (Lipinski definition) is 1. The first-order valence-electron chi connectivity index (χ1n) is 4.03. The smallest absolute Gasteiger partial charge is 0.307 e. The van der Waals surface area contributed by atoms with Gasteiger partial charge in [-0.2, -0.15) is 0 Å². The second-order valence-corrected chi connectivity index (χ2v) is 3.19. The van der Waals surface area contributed by atoms with Gasteiger partial charge in [-0.15, -0.1) is 0 Å². The number of hydrogen-bond acceptors (Lipinski definition) is 2. The van der Waals surface area contributed by atoms with Crippen LogP contribution >= 0.6 is 0 Å². The van der Waals surface area contributed by atoms with E-state index in [4.69, 9.17) is 5.11 Å². The van der Waals surface area contributed by atoms with Gasteiger partial charge in [0.25, 0.3) is 0 Å². The van der Waals surface area contributed by atoms with Crippen LogP contribution in [0, 0.1) is 11.7 Å². The highest BCUT2D eigenvalue weighted by Crippen LogP contribution is 2.46. The normalized spacial score (nSPS) is 25.6. The third-order valence-electron chi connectivity index (χ3n) is 2.24. The molecule has 1 aliphatic carbocycles. The van der Waals surface area contributed by atoms with Crippen molar-refractivity contribution < 1.29 is 14.3 Å². The molecular formula is C9H8FNO2. The van der Waals surface area contributed by atoms with E-state index in [0.717, 1.165) is 6.20 Å². The molecule has 0 spiro atoms. The molecule has 1 aliphatic rings. The maximum Gasteiger partial charge on any atom is 0.307 e. The molecule has 1 heterocycles. The highest BCUT2D eigenvalue weighted by atomic mass is 19.1. The lowest BCUT2D eigenvalue weighted by molar-refractivity contribution is -0.138. The zero-order chi connectivity index (χ0) is 9.42. The third-order valence-corrected chi connectivity index (χ3v) is 2.24. The van der Waals surface area contributed by atoms with Crippen molar-refractivity contribution in [3.8, 4) is 0 Å². The standard InChI is InChI=1S/C9H8FNO2/c10-5-1-2-8(11-4-5)6-3-7(6)9(12)13/h1-2,4,6-7H,3H2,(H,12,13)/t6-,7-/m1/s1. The first-order valence-corrected chi connectivity index (χ1v) is 4.03. The zero-order valence-corrected chi connectivity index (χ0v) is 6.77. The predicted octanol–water partition coefficient (Wildman–Crippen LogP) is 1.41. The molecule has 0 aromatic carbocycles. The Labute approximate surface area is 74.2 Å². The van der Waals surface area contributed by atoms with Gasteiger partial charge in [-0.05, 0) is 18.6 Å². The molecule has 1 aromatic heterocycles. The van der Waals surface area contributed by atoms with Gasteiger partial charge in [0.15, 0.2) is 0 Å². The molecule has 13 heavy (non-hydrogen) atoms. The average molecular weight is 181 g/mol. The van der Waals surface area contributed by atoms with Crippen LogP contribution in [-0.4, -0.2) is 16.1 Å². The van der Waals surface area contributed by atoms with E-state index in [1.54, 1.807) is 6.07 Å². The Morgan fingerprint density at radius 1 is 1.62 bits per heavy atom. The average Bonchev–Trinajstić information content (AvgIpc) is 2.85. The van der Waals surface area contributed by atoms with Gasteiger partial charge in [-0.3, -0.25) is 9.78 Å². The maximum atomic E-state index is 12.4. The molecule has 0 bridgehead atoms. The predicted molar refractivity (Wildman–Crippen MR) is 42.7 cm³/mol. The number of carboxylic acids is 1. The van der Waals surface area contributed by atoms with Crippen LogP contribution < -0.4 is 0 Å². The summed E-state index contributed by atoms with van der Waals surface area (Å²) < 4.78 is 12.4. The van der Waals surface area contributed by atoms with Crippen LogP contribution in [0.15, 0.2) is 18.3 Å². The van der Waals surface area contributed by atoms with Crippen LogP contribution in [0.2, 0.25) is 0 Å². The number of aliphatic carboxylic acids is 1. The second kappa shape index (κ2) is 2.80. The number of rotatable bonds is 2. The highest BCUT2D eigenvalue weighted by Gasteiger charge is 2.45. The molecule has 1 aromatic rings. The minimum atomic E-state index is -0.795. The summed E-state index contributed by atoms with van der Waals surface area (Å²) in [7, 11) is 0. The van der Waals surface area contributed by atoms with Crippen molar-refractivity contribution in [2.45, 2.75) is 12.3 Å². The monoisotopic (exact) mass is 181 g/mol. The van der Waals surface area contributed by atoms with Gasteiger partial charge in [0, 0.05) is 11.6 Å². The van der Waals surface area contributed by atoms with E-state index in [2.05, 4.69) is 4.98 Å². The van der Waals surface area contributed by atoms with Gasteiger partial charge in [0.05, 0.1) is 12.1 Å². The summed E-state index contributed by atoms with van der Waals surface area (Å²) in [5, 5.41) is 8.64. The lowest BCUT2D eigenvalue weighted by Gasteiger charge is -1.95. The summed E-state index contributed by atoms with van der Waals surface area (Å²) in [6.07, 6.45) is 1.74. The number of carboxylic acid groups (broad SMARTS) is 1. The van der Waals surface area contributed by atoms with Crippen LogP contribution in [0.4, 0.5) is 4.39 Å². The summed E-state index contributed by atoms with van der Waals surface area (Å²) in [5.41, 5.74) is 0.675. The Morgan fingerprint density at radius 2 is 2.38 bits per heavy atom. The molecule has 0 aliphatic heterocycles. The first-order chi connectivity index (χ1) is 6.18. The molecule has 68 valence electrons. The van der Waals surface area contributed by atoms with Crippen LogP contribution in [0.5, 0.6) is 0 Å². The molecule has 0 unspecified atom stereocenters. The van der Waals surface area contributed by atoms with E-state index in [-0.39, 0.29) is 11.8 Å². The molecule has 0 amide bonds. The molecule has 4 heteroatoms. The Hall–Kier alpha value is -1.45. The van der Waals surface area contributed by atoms with Crippen molar-refractivity contribution >= 4 is 5.97 Å². The van der Waals surface area contributed by atoms with E-state index in [9.17, 15) is 9.18 Å². The molecular weight excluding hydrogens is 173 g/mol. The van der Waals surface area contributed by atoms with Crippen molar-refractivity contribution in [2.24, 2.45) is 5.92 Å². The minimum Gasteiger partial charge on any atom is -0.481 e. The fourth-order valence-corrected chi connectivity index (χ4v) is 1.40. The highest BCUT2D eigenvalue weighted by molar-refractivity contribution is 5.75. The number of halogens is 1. The summed E-state index contributed by atoms with van der Waals surface area (Å²) in [4.78, 5) is 14.3. The second-order valence-electron chi connectivity index (χ2n) is 3.19. The van der Waals surface area contributed by atoms with Gasteiger partial charge in [0.2, 0.25) is 0 Å². The van der Waals surface area contributed by atoms with Crippen molar-refractivity contribution in [1.82, 2.24) is 4.98 Å². The van der Waals surface area contributed by atoms with Gasteiger partial charge >= 0.3 is 5.97 Å². The maximum absolute atomic E-state index is 12.4. The van der Waals surface area contributed by atoms with Crippen LogP contribution in [0.25, 0.3) is 0 Å². The molecule has 0 saturated heterocycles. The van der Waals surface area contributed by atoms with Crippen LogP contribution in [0.3, 0.4) is 0 Å². The van der Waals surface area contributed by atoms with Crippen LogP contribution in [0.1, 0.15) is 18.0 Å². The summed E-state index contributed by atoms with van der Waals surface area (Å²) in [5.74, 6) is -1.52. The lowest BCUT2D eigenvalue weighted by atomic mass is 10.2. The van der Waals surface area contributed by atoms with Gasteiger partial charge in [-0.1, -0.05) is 0 Å². The minimum absolute atomic E-state index is 0.0156. The fraction of sp³-hybridized carbons (Fsp3) is 0.333. The summed E-state index contributed by atoms with van der Waals surface area (Å²) >= 11 is 0. The van der Waals surface area contributed by atoms with E-state index in [1.165, 1.54) is 6.07 Å². The van der Waals surface area contributed by atoms with E-state index in [0.29, 0.717) is 12.1 Å². The van der Waals surface area contributed by atoms with E-state index < -0.39 is 11.8 Å². The van der Waals surface area contributed by atoms with E-state index in [1.807, 2.05) is 0 Å². The molecule has 0 radical (unpaired) electrons. The SMILES string of the molecule is O=C(O)[C@@H]1C[C@H]1c1ccc(F)cn1. The topological polar surface area (TPSA) is 50.2 Å². The number of pyridine rings is 1. The molecule has 1 saturated carbocycles. The number of nitrogens with zero attached hydrogens (tertiary/aromatic N) is 1. The third kappa shape index (κ3) is 1.52. The fourth-order valence-electron chi connectivity index (χ4n) is 1.40. The van der Waals surface area contributed by atoms with Crippen molar-refractivity contribution in [1.29, 1.82) is 0 Å². The molecule has 1 fully saturated rings. The lowest BCUT2D eigenvalue weighted by Crippen LogP contribution is -1.99. The van der Waals surface area contributed by atoms with Gasteiger partial charge in [-0.25, -0.2) is 4.39 Å². The quantitative estimate of drug-likeness (QED) is 0.750. The Kier molecular flexibility index (Phi) is 1.76. The first kappa shape index (κ1) is 8.16. The zero-order valence-electron chi connectivity index (χ0n) is 6.77. The molecule has 1 N–H and O–H groups in total. The Balaban J connectivity index is 2.12. The molecule has 2 rings (SSSR count). The largest absolute Gasteiger partial charge is 0.481 e. The van der Waals surface area contributed by atoms with Gasteiger partial charge in [0.1, 0.15) is 5.82 Å². The van der Waals surface area contributed by atoms with E-state index >= 15 is 0 Å². The summed E-state index contributed by atoms with van der Waals surface area (Å²) in [6.45, 7) is 0. The molecule has 3 nitrogen and oxygen atoms in total. The number of carbonyl (C=O) groups is 1. The van der Waals surface area contributed by atoms with Crippen molar-refractivity contribution in [2.75, 3.05) is 0 Å².